The Morgan fingerprint density at radius 2 is 0.976 bits per heavy atom. The first-order valence-electron chi connectivity index (χ1n) is 13.6. The molecule has 2 aromatic heterocycles. The van der Waals surface area contributed by atoms with Crippen molar-refractivity contribution < 1.29 is 0 Å². The molecule has 0 aliphatic heterocycles. The normalized spacial score (nSPS) is 11.4. The standard InChI is InChI=1S/C37H23N3S/c1-2-12-25(13-3-1)35-38-36(40-37(39-35)32-21-9-14-24-11-4-5-17-28(24)32)27-16-8-15-26(23-27)29-19-10-20-31-30-18-6-7-22-33(30)41-34(29)31/h1-23H. The summed E-state index contributed by atoms with van der Waals surface area (Å²) in [6, 6.07) is 48.6. The summed E-state index contributed by atoms with van der Waals surface area (Å²) in [6.07, 6.45) is 0. The summed E-state index contributed by atoms with van der Waals surface area (Å²) < 4.78 is 2.60. The Morgan fingerprint density at radius 1 is 0.390 bits per heavy atom. The smallest absolute Gasteiger partial charge is 0.164 e. The molecular weight excluding hydrogens is 518 g/mol. The van der Waals surface area contributed by atoms with Crippen LogP contribution in [0.3, 0.4) is 0 Å². The van der Waals surface area contributed by atoms with Gasteiger partial charge < -0.3 is 0 Å². The average Bonchev–Trinajstić information content (AvgIpc) is 3.44. The van der Waals surface area contributed by atoms with Crippen molar-refractivity contribution in [2.45, 2.75) is 0 Å². The first-order valence-corrected chi connectivity index (χ1v) is 14.4. The Balaban J connectivity index is 1.32. The zero-order valence-corrected chi connectivity index (χ0v) is 22.8. The molecule has 0 aliphatic carbocycles. The molecule has 0 atom stereocenters. The van der Waals surface area contributed by atoms with Gasteiger partial charge in [-0.3, -0.25) is 0 Å². The summed E-state index contributed by atoms with van der Waals surface area (Å²) in [5.41, 5.74) is 5.28. The third-order valence-corrected chi connectivity index (χ3v) is 8.75. The average molecular weight is 542 g/mol. The van der Waals surface area contributed by atoms with Gasteiger partial charge in [0.05, 0.1) is 0 Å². The number of hydrogen-bond acceptors (Lipinski definition) is 4. The molecular formula is C37H23N3S. The van der Waals surface area contributed by atoms with Crippen molar-refractivity contribution in [3.05, 3.63) is 140 Å². The van der Waals surface area contributed by atoms with E-state index in [1.165, 1.54) is 25.7 Å². The molecule has 8 aromatic rings. The van der Waals surface area contributed by atoms with Gasteiger partial charge in [-0.2, -0.15) is 0 Å². The van der Waals surface area contributed by atoms with Crippen LogP contribution in [0.15, 0.2) is 140 Å². The van der Waals surface area contributed by atoms with Gasteiger partial charge in [0.25, 0.3) is 0 Å². The summed E-state index contributed by atoms with van der Waals surface area (Å²) in [6.45, 7) is 0. The first kappa shape index (κ1) is 23.7. The van der Waals surface area contributed by atoms with Crippen LogP contribution >= 0.6 is 11.3 Å². The van der Waals surface area contributed by atoms with Crippen LogP contribution in [0.2, 0.25) is 0 Å². The fraction of sp³-hybridized carbons (Fsp3) is 0. The molecule has 0 saturated carbocycles. The second-order valence-corrected chi connectivity index (χ2v) is 11.1. The van der Waals surface area contributed by atoms with Gasteiger partial charge in [0.15, 0.2) is 17.5 Å². The minimum Gasteiger partial charge on any atom is -0.208 e. The van der Waals surface area contributed by atoms with E-state index in [1.54, 1.807) is 0 Å². The van der Waals surface area contributed by atoms with E-state index >= 15 is 0 Å². The second kappa shape index (κ2) is 9.77. The van der Waals surface area contributed by atoms with Gasteiger partial charge in [-0.25, -0.2) is 15.0 Å². The van der Waals surface area contributed by atoms with Crippen molar-refractivity contribution in [1.29, 1.82) is 0 Å². The molecule has 2 heterocycles. The lowest BCUT2D eigenvalue weighted by Gasteiger charge is -2.11. The summed E-state index contributed by atoms with van der Waals surface area (Å²) in [5.74, 6) is 1.99. The van der Waals surface area contributed by atoms with Gasteiger partial charge in [0.2, 0.25) is 0 Å². The molecule has 0 unspecified atom stereocenters. The number of thiophene rings is 1. The van der Waals surface area contributed by atoms with Crippen molar-refractivity contribution in [2.24, 2.45) is 0 Å². The van der Waals surface area contributed by atoms with E-state index in [2.05, 4.69) is 109 Å². The van der Waals surface area contributed by atoms with Crippen molar-refractivity contribution in [3.63, 3.8) is 0 Å². The molecule has 3 nitrogen and oxygen atoms in total. The molecule has 0 aliphatic rings. The molecule has 192 valence electrons. The maximum Gasteiger partial charge on any atom is 0.164 e. The van der Waals surface area contributed by atoms with E-state index in [4.69, 9.17) is 15.0 Å². The first-order chi connectivity index (χ1) is 20.3. The van der Waals surface area contributed by atoms with Crippen LogP contribution in [0.4, 0.5) is 0 Å². The largest absolute Gasteiger partial charge is 0.208 e. The summed E-state index contributed by atoms with van der Waals surface area (Å²) in [7, 11) is 0. The highest BCUT2D eigenvalue weighted by Crippen LogP contribution is 2.40. The minimum atomic E-state index is 0.659. The van der Waals surface area contributed by atoms with Crippen molar-refractivity contribution in [2.75, 3.05) is 0 Å². The van der Waals surface area contributed by atoms with Crippen LogP contribution in [0.1, 0.15) is 0 Å². The zero-order chi connectivity index (χ0) is 27.2. The van der Waals surface area contributed by atoms with E-state index in [9.17, 15) is 0 Å². The van der Waals surface area contributed by atoms with Crippen LogP contribution in [-0.4, -0.2) is 15.0 Å². The Morgan fingerprint density at radius 3 is 1.88 bits per heavy atom. The number of nitrogens with zero attached hydrogens (tertiary/aromatic N) is 3. The van der Waals surface area contributed by atoms with E-state index < -0.39 is 0 Å². The fourth-order valence-electron chi connectivity index (χ4n) is 5.56. The molecule has 8 rings (SSSR count). The Bertz CT molecular complexity index is 2210. The highest BCUT2D eigenvalue weighted by atomic mass is 32.1. The predicted molar refractivity (Wildman–Crippen MR) is 172 cm³/mol. The Kier molecular flexibility index (Phi) is 5.64. The highest BCUT2D eigenvalue weighted by Gasteiger charge is 2.16. The van der Waals surface area contributed by atoms with Gasteiger partial charge >= 0.3 is 0 Å². The molecule has 0 bridgehead atoms. The molecule has 0 saturated heterocycles. The molecule has 0 spiro atoms. The Hall–Kier alpha value is -5.19. The molecule has 0 radical (unpaired) electrons. The minimum absolute atomic E-state index is 0.659. The SMILES string of the molecule is c1ccc(-c2nc(-c3cccc(-c4cccc5c4sc4ccccc45)c3)nc(-c3cccc4ccccc34)n2)cc1. The second-order valence-electron chi connectivity index (χ2n) is 10.1. The van der Waals surface area contributed by atoms with Crippen molar-refractivity contribution in [3.8, 4) is 45.3 Å². The quantitative estimate of drug-likeness (QED) is 0.222. The van der Waals surface area contributed by atoms with Crippen LogP contribution in [0.5, 0.6) is 0 Å². The van der Waals surface area contributed by atoms with E-state index in [1.807, 2.05) is 41.7 Å². The summed E-state index contributed by atoms with van der Waals surface area (Å²) in [5, 5.41) is 4.87. The topological polar surface area (TPSA) is 38.7 Å². The van der Waals surface area contributed by atoms with E-state index in [0.29, 0.717) is 17.5 Å². The Labute approximate surface area is 241 Å². The molecule has 41 heavy (non-hydrogen) atoms. The molecule has 0 amide bonds. The van der Waals surface area contributed by atoms with Crippen molar-refractivity contribution in [1.82, 2.24) is 15.0 Å². The summed E-state index contributed by atoms with van der Waals surface area (Å²) in [4.78, 5) is 15.0. The van der Waals surface area contributed by atoms with Crippen molar-refractivity contribution >= 4 is 42.3 Å². The van der Waals surface area contributed by atoms with Gasteiger partial charge in [-0.1, -0.05) is 127 Å². The van der Waals surface area contributed by atoms with Crippen LogP contribution in [-0.2, 0) is 0 Å². The number of benzene rings is 6. The third-order valence-electron chi connectivity index (χ3n) is 7.53. The van der Waals surface area contributed by atoms with Gasteiger partial charge in [0.1, 0.15) is 0 Å². The molecule has 0 fully saturated rings. The summed E-state index contributed by atoms with van der Waals surface area (Å²) >= 11 is 1.84. The monoisotopic (exact) mass is 541 g/mol. The lowest BCUT2D eigenvalue weighted by atomic mass is 10.0. The van der Waals surface area contributed by atoms with Gasteiger partial charge in [-0.05, 0) is 34.0 Å². The molecule has 6 aromatic carbocycles. The van der Waals surface area contributed by atoms with E-state index in [-0.39, 0.29) is 0 Å². The third kappa shape index (κ3) is 4.17. The number of fused-ring (bicyclic) bond motifs is 4. The maximum absolute atomic E-state index is 5.06. The molecule has 4 heteroatoms. The highest BCUT2D eigenvalue weighted by molar-refractivity contribution is 7.26. The van der Waals surface area contributed by atoms with Crippen LogP contribution < -0.4 is 0 Å². The number of rotatable bonds is 4. The van der Waals surface area contributed by atoms with E-state index in [0.717, 1.165) is 33.0 Å². The predicted octanol–water partition coefficient (Wildman–Crippen LogP) is 10.1. The lowest BCUT2D eigenvalue weighted by Crippen LogP contribution is -2.00. The van der Waals surface area contributed by atoms with Gasteiger partial charge in [-0.15, -0.1) is 11.3 Å². The number of aromatic nitrogens is 3. The zero-order valence-electron chi connectivity index (χ0n) is 22.0. The maximum atomic E-state index is 5.06. The van der Waals surface area contributed by atoms with Crippen LogP contribution in [0, 0.1) is 0 Å². The molecule has 0 N–H and O–H groups in total. The van der Waals surface area contributed by atoms with Crippen LogP contribution in [0.25, 0.3) is 76.2 Å². The van der Waals surface area contributed by atoms with Gasteiger partial charge in [0, 0.05) is 36.9 Å². The number of hydrogen-bond donors (Lipinski definition) is 0. The fourth-order valence-corrected chi connectivity index (χ4v) is 6.80. The lowest BCUT2D eigenvalue weighted by molar-refractivity contribution is 1.08.